The molecule has 0 spiro atoms. The van der Waals surface area contributed by atoms with Gasteiger partial charge in [0.25, 0.3) is 5.91 Å². The van der Waals surface area contributed by atoms with E-state index in [4.69, 9.17) is 9.26 Å². The first-order valence-corrected chi connectivity index (χ1v) is 13.5. The van der Waals surface area contributed by atoms with Crippen molar-refractivity contribution in [2.24, 2.45) is 0 Å². The highest BCUT2D eigenvalue weighted by Crippen LogP contribution is 2.27. The Balaban J connectivity index is 1.08. The van der Waals surface area contributed by atoms with Crippen LogP contribution >= 0.6 is 0 Å². The summed E-state index contributed by atoms with van der Waals surface area (Å²) in [6.45, 7) is 2.55. The van der Waals surface area contributed by atoms with Crippen molar-refractivity contribution >= 4 is 5.91 Å². The molecular formula is C33H29N3O5. The van der Waals surface area contributed by atoms with Gasteiger partial charge in [-0.15, -0.1) is 4.74 Å². The van der Waals surface area contributed by atoms with Crippen LogP contribution in [0.5, 0.6) is 5.75 Å². The first-order chi connectivity index (χ1) is 19.9. The van der Waals surface area contributed by atoms with Crippen LogP contribution in [0.25, 0.3) is 11.1 Å². The van der Waals surface area contributed by atoms with Crippen molar-refractivity contribution in [1.29, 1.82) is 0 Å². The number of nitrogens with one attached hydrogen (secondary N) is 2. The van der Waals surface area contributed by atoms with Crippen molar-refractivity contribution in [2.45, 2.75) is 39.0 Å². The number of nitrogens with zero attached hydrogens (tertiary/aromatic N) is 1. The number of aryl methyl sites for hydroxylation is 1. The number of aromatic amines is 1. The zero-order valence-corrected chi connectivity index (χ0v) is 22.6. The topological polar surface area (TPSA) is 106 Å². The van der Waals surface area contributed by atoms with E-state index >= 15 is 0 Å². The molecule has 0 radical (unpaired) electrons. The molecule has 1 heterocycles. The van der Waals surface area contributed by atoms with Crippen LogP contribution in [0.1, 0.15) is 38.2 Å². The summed E-state index contributed by atoms with van der Waals surface area (Å²) in [5.74, 6) is -0.144. The summed E-state index contributed by atoms with van der Waals surface area (Å²) < 4.78 is 11.8. The van der Waals surface area contributed by atoms with Crippen molar-refractivity contribution in [3.63, 3.8) is 0 Å². The molecule has 0 bridgehead atoms. The van der Waals surface area contributed by atoms with E-state index in [1.165, 1.54) is 11.1 Å². The van der Waals surface area contributed by atoms with Gasteiger partial charge < -0.3 is 14.6 Å². The highest BCUT2D eigenvalue weighted by Gasteiger charge is 2.23. The minimum absolute atomic E-state index is 0.0460. The molecule has 41 heavy (non-hydrogen) atoms. The molecule has 2 N–H and O–H groups in total. The van der Waals surface area contributed by atoms with Crippen LogP contribution in [-0.4, -0.2) is 21.7 Å². The molecule has 0 fully saturated rings. The molecule has 0 saturated heterocycles. The van der Waals surface area contributed by atoms with Crippen LogP contribution in [-0.2, 0) is 26.0 Å². The van der Waals surface area contributed by atoms with Crippen LogP contribution in [0.4, 0.5) is 0 Å². The van der Waals surface area contributed by atoms with Gasteiger partial charge in [-0.1, -0.05) is 60.7 Å². The highest BCUT2D eigenvalue weighted by atomic mass is 16.5. The lowest BCUT2D eigenvalue weighted by atomic mass is 9.97. The van der Waals surface area contributed by atoms with Gasteiger partial charge in [-0.2, -0.15) is 0 Å². The summed E-state index contributed by atoms with van der Waals surface area (Å²) in [5, 5.41) is 3.20. The minimum atomic E-state index is -0.778. The number of rotatable bonds is 8. The largest absolute Gasteiger partial charge is 0.489 e. The Morgan fingerprint density at radius 2 is 1.68 bits per heavy atom. The van der Waals surface area contributed by atoms with Crippen LogP contribution in [0.3, 0.4) is 0 Å². The number of hydrogen-bond acceptors (Lipinski definition) is 5. The predicted octanol–water partition coefficient (Wildman–Crippen LogP) is 4.63. The SMILES string of the molecule is Cc1cc(C(=O)NC2Cc3ccccc3C2)ccc1-c1cccc(COc2ccc(Cn3oc(=O)[nH]c3=O)cc2)c1. The van der Waals surface area contributed by atoms with Crippen LogP contribution in [0.15, 0.2) is 105 Å². The van der Waals surface area contributed by atoms with Gasteiger partial charge in [0.05, 0.1) is 6.54 Å². The zero-order valence-electron chi connectivity index (χ0n) is 22.6. The Kier molecular flexibility index (Phi) is 7.12. The normalized spacial score (nSPS) is 12.7. The molecule has 8 heteroatoms. The monoisotopic (exact) mass is 547 g/mol. The van der Waals surface area contributed by atoms with E-state index < -0.39 is 11.4 Å². The van der Waals surface area contributed by atoms with Gasteiger partial charge in [0, 0.05) is 11.6 Å². The van der Waals surface area contributed by atoms with E-state index in [1.807, 2.05) is 73.7 Å². The van der Waals surface area contributed by atoms with E-state index in [1.54, 1.807) is 0 Å². The summed E-state index contributed by atoms with van der Waals surface area (Å²) >= 11 is 0. The summed E-state index contributed by atoms with van der Waals surface area (Å²) in [6.07, 6.45) is 1.73. The number of H-pyrrole nitrogens is 1. The Morgan fingerprint density at radius 3 is 2.37 bits per heavy atom. The molecule has 0 saturated carbocycles. The molecule has 4 aromatic carbocycles. The van der Waals surface area contributed by atoms with Gasteiger partial charge in [-0.05, 0) is 89.0 Å². The summed E-state index contributed by atoms with van der Waals surface area (Å²) in [5.41, 5.74) is 7.65. The molecule has 0 aliphatic heterocycles. The molecule has 5 aromatic rings. The number of hydrogen-bond donors (Lipinski definition) is 2. The lowest BCUT2D eigenvalue weighted by Gasteiger charge is -2.14. The summed E-state index contributed by atoms with van der Waals surface area (Å²) in [6, 6.07) is 29.7. The van der Waals surface area contributed by atoms with Crippen molar-refractivity contribution in [1.82, 2.24) is 15.0 Å². The number of carbonyl (C=O) groups excluding carboxylic acids is 1. The molecule has 1 amide bonds. The van der Waals surface area contributed by atoms with Gasteiger partial charge in [-0.3, -0.25) is 4.79 Å². The third-order valence-corrected chi connectivity index (χ3v) is 7.40. The fourth-order valence-electron chi connectivity index (χ4n) is 5.33. The third kappa shape index (κ3) is 5.91. The van der Waals surface area contributed by atoms with Crippen molar-refractivity contribution < 1.29 is 14.1 Å². The average molecular weight is 548 g/mol. The van der Waals surface area contributed by atoms with Gasteiger partial charge in [-0.25, -0.2) is 14.6 Å². The highest BCUT2D eigenvalue weighted by molar-refractivity contribution is 5.95. The van der Waals surface area contributed by atoms with E-state index in [0.29, 0.717) is 17.9 Å². The maximum atomic E-state index is 13.0. The zero-order chi connectivity index (χ0) is 28.3. The summed E-state index contributed by atoms with van der Waals surface area (Å²) in [7, 11) is 0. The molecule has 1 aliphatic carbocycles. The molecule has 1 aromatic heterocycles. The van der Waals surface area contributed by atoms with Gasteiger partial charge >= 0.3 is 11.4 Å². The fourth-order valence-corrected chi connectivity index (χ4v) is 5.33. The number of carbonyl (C=O) groups is 1. The number of amides is 1. The van der Waals surface area contributed by atoms with Crippen LogP contribution in [0, 0.1) is 6.92 Å². The lowest BCUT2D eigenvalue weighted by molar-refractivity contribution is 0.0938. The first kappa shape index (κ1) is 26.1. The smallest absolute Gasteiger partial charge is 0.440 e. The Morgan fingerprint density at radius 1 is 0.927 bits per heavy atom. The maximum absolute atomic E-state index is 13.0. The molecule has 0 atom stereocenters. The van der Waals surface area contributed by atoms with E-state index in [9.17, 15) is 14.4 Å². The van der Waals surface area contributed by atoms with E-state index in [0.717, 1.165) is 45.4 Å². The van der Waals surface area contributed by atoms with Crippen molar-refractivity contribution in [3.8, 4) is 16.9 Å². The Hall–Kier alpha value is -5.11. The number of fused-ring (bicyclic) bond motifs is 1. The predicted molar refractivity (Wildman–Crippen MR) is 155 cm³/mol. The Bertz CT molecular complexity index is 1810. The maximum Gasteiger partial charge on any atom is 0.440 e. The van der Waals surface area contributed by atoms with E-state index in [2.05, 4.69) is 34.6 Å². The Labute approximate surface area is 236 Å². The van der Waals surface area contributed by atoms with Crippen LogP contribution in [0.2, 0.25) is 0 Å². The minimum Gasteiger partial charge on any atom is -0.489 e. The quantitative estimate of drug-likeness (QED) is 0.295. The molecule has 6 rings (SSSR count). The number of benzene rings is 4. The number of ether oxygens (including phenoxy) is 1. The second kappa shape index (κ2) is 11.2. The van der Waals surface area contributed by atoms with Gasteiger partial charge in [0.15, 0.2) is 0 Å². The second-order valence-electron chi connectivity index (χ2n) is 10.4. The molecule has 8 nitrogen and oxygen atoms in total. The standard InChI is InChI=1S/C33H29N3O5/c1-21-15-27(31(37)34-28-17-24-6-2-3-7-25(24)18-28)11-14-30(21)26-8-4-5-23(16-26)20-40-29-12-9-22(10-13-29)19-36-32(38)35-33(39)41-36/h2-16,28H,17-20H2,1H3,(H,34,37)(H,35,38,39). The van der Waals surface area contributed by atoms with Gasteiger partial charge in [0.1, 0.15) is 12.4 Å². The first-order valence-electron chi connectivity index (χ1n) is 13.5. The average Bonchev–Trinajstić information content (AvgIpc) is 3.53. The van der Waals surface area contributed by atoms with Crippen LogP contribution < -0.4 is 21.5 Å². The molecule has 0 unspecified atom stereocenters. The molecule has 1 aliphatic rings. The number of aromatic nitrogens is 2. The summed E-state index contributed by atoms with van der Waals surface area (Å²) in [4.78, 5) is 37.9. The van der Waals surface area contributed by atoms with Crippen molar-refractivity contribution in [3.05, 3.63) is 145 Å². The van der Waals surface area contributed by atoms with Crippen molar-refractivity contribution in [2.75, 3.05) is 0 Å². The second-order valence-corrected chi connectivity index (χ2v) is 10.4. The van der Waals surface area contributed by atoms with Gasteiger partial charge in [0.2, 0.25) is 0 Å². The van der Waals surface area contributed by atoms with E-state index in [-0.39, 0.29) is 18.5 Å². The fraction of sp³-hybridized carbons (Fsp3) is 0.182. The molecular weight excluding hydrogens is 518 g/mol. The molecule has 206 valence electrons. The third-order valence-electron chi connectivity index (χ3n) is 7.40. The lowest BCUT2D eigenvalue weighted by Crippen LogP contribution is -2.35.